The van der Waals surface area contributed by atoms with Crippen LogP contribution in [0.15, 0.2) is 35.5 Å². The predicted octanol–water partition coefficient (Wildman–Crippen LogP) is 1.48. The van der Waals surface area contributed by atoms with Crippen LogP contribution in [0.2, 0.25) is 0 Å². The molecule has 1 heterocycles. The monoisotopic (exact) mass is 281 g/mol. The van der Waals surface area contributed by atoms with Crippen molar-refractivity contribution in [2.75, 3.05) is 6.54 Å². The summed E-state index contributed by atoms with van der Waals surface area (Å²) < 4.78 is 18.5. The van der Waals surface area contributed by atoms with Crippen molar-refractivity contribution in [2.24, 2.45) is 10.9 Å². The average Bonchev–Trinajstić information content (AvgIpc) is 2.87. The van der Waals surface area contributed by atoms with Crippen LogP contribution in [0.4, 0.5) is 9.18 Å². The highest BCUT2D eigenvalue weighted by Gasteiger charge is 2.38. The molecule has 0 aromatic heterocycles. The van der Waals surface area contributed by atoms with Gasteiger partial charge < -0.3 is 15.7 Å². The van der Waals surface area contributed by atoms with Crippen LogP contribution in [0.5, 0.6) is 0 Å². The SMILES string of the molecule is N/C(=N\O)C1CC(F)CN1C(=O)OCc1ccccc1. The summed E-state index contributed by atoms with van der Waals surface area (Å²) in [5.74, 6) is -0.193. The molecule has 2 atom stereocenters. The van der Waals surface area contributed by atoms with E-state index in [0.717, 1.165) is 10.5 Å². The summed E-state index contributed by atoms with van der Waals surface area (Å²) in [5.41, 5.74) is 6.29. The van der Waals surface area contributed by atoms with Gasteiger partial charge >= 0.3 is 6.09 Å². The Labute approximate surface area is 115 Å². The maximum atomic E-state index is 13.4. The molecule has 108 valence electrons. The summed E-state index contributed by atoms with van der Waals surface area (Å²) in [6.07, 6.45) is -1.87. The molecule has 1 aromatic rings. The van der Waals surface area contributed by atoms with Gasteiger partial charge in [0.1, 0.15) is 12.8 Å². The number of nitrogens with zero attached hydrogens (tertiary/aromatic N) is 2. The summed E-state index contributed by atoms with van der Waals surface area (Å²) in [4.78, 5) is 13.1. The molecule has 1 aliphatic rings. The first-order valence-corrected chi connectivity index (χ1v) is 6.20. The van der Waals surface area contributed by atoms with E-state index in [9.17, 15) is 9.18 Å². The standard InChI is InChI=1S/C13H16FN3O3/c14-10-6-11(12(15)16-19)17(7-10)13(18)20-8-9-4-2-1-3-5-9/h1-5,10-11,19H,6-8H2,(H2,15,16). The first kappa shape index (κ1) is 14.1. The van der Waals surface area contributed by atoms with Gasteiger partial charge in [0, 0.05) is 6.42 Å². The summed E-state index contributed by atoms with van der Waals surface area (Å²) in [7, 11) is 0. The number of alkyl halides is 1. The molecule has 2 rings (SSSR count). The molecular weight excluding hydrogens is 265 g/mol. The molecule has 0 bridgehead atoms. The number of hydrogen-bond donors (Lipinski definition) is 2. The molecule has 7 heteroatoms. The minimum Gasteiger partial charge on any atom is -0.445 e. The lowest BCUT2D eigenvalue weighted by atomic mass is 10.2. The zero-order valence-corrected chi connectivity index (χ0v) is 10.8. The van der Waals surface area contributed by atoms with Crippen LogP contribution in [-0.2, 0) is 11.3 Å². The molecule has 2 unspecified atom stereocenters. The van der Waals surface area contributed by atoms with E-state index in [1.54, 1.807) is 0 Å². The van der Waals surface area contributed by atoms with E-state index in [-0.39, 0.29) is 25.4 Å². The molecule has 3 N–H and O–H groups in total. The van der Waals surface area contributed by atoms with Crippen molar-refractivity contribution in [3.63, 3.8) is 0 Å². The van der Waals surface area contributed by atoms with Gasteiger partial charge in [0.25, 0.3) is 0 Å². The fourth-order valence-electron chi connectivity index (χ4n) is 2.14. The van der Waals surface area contributed by atoms with Crippen LogP contribution in [0.3, 0.4) is 0 Å². The lowest BCUT2D eigenvalue weighted by molar-refractivity contribution is 0.0969. The van der Waals surface area contributed by atoms with E-state index < -0.39 is 18.3 Å². The quantitative estimate of drug-likeness (QED) is 0.380. The minimum absolute atomic E-state index is 0.0102. The Morgan fingerprint density at radius 2 is 2.20 bits per heavy atom. The summed E-state index contributed by atoms with van der Waals surface area (Å²) in [5, 5.41) is 11.5. The van der Waals surface area contributed by atoms with E-state index >= 15 is 0 Å². The lowest BCUT2D eigenvalue weighted by Crippen LogP contribution is -2.44. The Morgan fingerprint density at radius 3 is 2.85 bits per heavy atom. The van der Waals surface area contributed by atoms with Crippen LogP contribution in [0.1, 0.15) is 12.0 Å². The fourth-order valence-corrected chi connectivity index (χ4v) is 2.14. The van der Waals surface area contributed by atoms with E-state index in [1.807, 2.05) is 30.3 Å². The Morgan fingerprint density at radius 1 is 1.50 bits per heavy atom. The predicted molar refractivity (Wildman–Crippen MR) is 70.0 cm³/mol. The van der Waals surface area contributed by atoms with Gasteiger partial charge in [0.2, 0.25) is 0 Å². The smallest absolute Gasteiger partial charge is 0.410 e. The number of oxime groups is 1. The number of amidine groups is 1. The Bertz CT molecular complexity index is 495. The molecule has 1 fully saturated rings. The van der Waals surface area contributed by atoms with Gasteiger partial charge in [0.05, 0.1) is 12.6 Å². The molecule has 1 aromatic carbocycles. The second kappa shape index (κ2) is 6.23. The number of benzene rings is 1. The van der Waals surface area contributed by atoms with Crippen molar-refractivity contribution in [2.45, 2.75) is 25.2 Å². The van der Waals surface area contributed by atoms with Gasteiger partial charge in [-0.1, -0.05) is 35.5 Å². The molecule has 0 aliphatic carbocycles. The van der Waals surface area contributed by atoms with Crippen molar-refractivity contribution in [1.29, 1.82) is 0 Å². The van der Waals surface area contributed by atoms with Gasteiger partial charge in [-0.2, -0.15) is 0 Å². The molecule has 1 amide bonds. The normalized spacial score (nSPS) is 22.9. The molecule has 1 aliphatic heterocycles. The van der Waals surface area contributed by atoms with Gasteiger partial charge in [-0.15, -0.1) is 0 Å². The third kappa shape index (κ3) is 3.17. The number of halogens is 1. The molecule has 20 heavy (non-hydrogen) atoms. The molecule has 0 spiro atoms. The summed E-state index contributed by atoms with van der Waals surface area (Å²) in [6.45, 7) is -0.0233. The van der Waals surface area contributed by atoms with Crippen molar-refractivity contribution in [3.05, 3.63) is 35.9 Å². The van der Waals surface area contributed by atoms with Gasteiger partial charge in [0.15, 0.2) is 5.84 Å². The van der Waals surface area contributed by atoms with E-state index in [2.05, 4.69) is 5.16 Å². The molecule has 0 saturated carbocycles. The number of hydrogen-bond acceptors (Lipinski definition) is 4. The number of nitrogens with two attached hydrogens (primary N) is 1. The number of ether oxygens (including phenoxy) is 1. The average molecular weight is 281 g/mol. The minimum atomic E-state index is -1.20. The lowest BCUT2D eigenvalue weighted by Gasteiger charge is -2.22. The maximum Gasteiger partial charge on any atom is 0.410 e. The van der Waals surface area contributed by atoms with Gasteiger partial charge in [-0.3, -0.25) is 4.90 Å². The number of carbonyl (C=O) groups excluding carboxylic acids is 1. The van der Waals surface area contributed by atoms with Gasteiger partial charge in [-0.25, -0.2) is 9.18 Å². The van der Waals surface area contributed by atoms with E-state index in [4.69, 9.17) is 15.7 Å². The number of rotatable bonds is 3. The molecule has 0 radical (unpaired) electrons. The first-order chi connectivity index (χ1) is 9.61. The fraction of sp³-hybridized carbons (Fsp3) is 0.385. The second-order valence-electron chi connectivity index (χ2n) is 4.57. The van der Waals surface area contributed by atoms with Crippen LogP contribution >= 0.6 is 0 Å². The second-order valence-corrected chi connectivity index (χ2v) is 4.57. The van der Waals surface area contributed by atoms with Crippen LogP contribution in [0, 0.1) is 0 Å². The Balaban J connectivity index is 1.97. The zero-order valence-electron chi connectivity index (χ0n) is 10.8. The number of likely N-dealkylation sites (tertiary alicyclic amines) is 1. The van der Waals surface area contributed by atoms with E-state index in [1.165, 1.54) is 0 Å². The summed E-state index contributed by atoms with van der Waals surface area (Å²) >= 11 is 0. The van der Waals surface area contributed by atoms with Crippen molar-refractivity contribution >= 4 is 11.9 Å². The third-order valence-electron chi connectivity index (χ3n) is 3.15. The Hall–Kier alpha value is -2.31. The summed E-state index contributed by atoms with van der Waals surface area (Å²) in [6, 6.07) is 8.38. The highest BCUT2D eigenvalue weighted by Crippen LogP contribution is 2.21. The number of carbonyl (C=O) groups is 1. The number of amides is 1. The third-order valence-corrected chi connectivity index (χ3v) is 3.15. The van der Waals surface area contributed by atoms with E-state index in [0.29, 0.717) is 0 Å². The van der Waals surface area contributed by atoms with Crippen LogP contribution in [0.25, 0.3) is 0 Å². The molecular formula is C13H16FN3O3. The van der Waals surface area contributed by atoms with Gasteiger partial charge in [-0.05, 0) is 5.56 Å². The van der Waals surface area contributed by atoms with Crippen molar-refractivity contribution in [3.8, 4) is 0 Å². The Kier molecular flexibility index (Phi) is 4.39. The zero-order chi connectivity index (χ0) is 14.5. The largest absolute Gasteiger partial charge is 0.445 e. The van der Waals surface area contributed by atoms with Crippen LogP contribution < -0.4 is 5.73 Å². The molecule has 1 saturated heterocycles. The highest BCUT2D eigenvalue weighted by atomic mass is 19.1. The van der Waals surface area contributed by atoms with Crippen LogP contribution in [-0.4, -0.2) is 40.8 Å². The van der Waals surface area contributed by atoms with Crippen molar-refractivity contribution < 1.29 is 19.1 Å². The topological polar surface area (TPSA) is 88.2 Å². The maximum absolute atomic E-state index is 13.4. The van der Waals surface area contributed by atoms with Crippen molar-refractivity contribution in [1.82, 2.24) is 4.90 Å². The molecule has 6 nitrogen and oxygen atoms in total. The highest BCUT2D eigenvalue weighted by molar-refractivity contribution is 5.89. The first-order valence-electron chi connectivity index (χ1n) is 6.20.